The number of amides is 1. The Morgan fingerprint density at radius 3 is 2.88 bits per heavy atom. The molecule has 124 valence electrons. The van der Waals surface area contributed by atoms with Crippen molar-refractivity contribution in [3.63, 3.8) is 0 Å². The van der Waals surface area contributed by atoms with E-state index in [-0.39, 0.29) is 11.9 Å². The van der Waals surface area contributed by atoms with E-state index >= 15 is 0 Å². The van der Waals surface area contributed by atoms with Gasteiger partial charge in [-0.15, -0.1) is 0 Å². The van der Waals surface area contributed by atoms with Crippen molar-refractivity contribution in [3.05, 3.63) is 47.6 Å². The molecule has 1 saturated heterocycles. The minimum Gasteiger partial charge on any atom is -0.361 e. The van der Waals surface area contributed by atoms with Crippen LogP contribution < -0.4 is 0 Å². The zero-order valence-corrected chi connectivity index (χ0v) is 13.9. The van der Waals surface area contributed by atoms with Gasteiger partial charge in [-0.2, -0.15) is 0 Å². The predicted molar refractivity (Wildman–Crippen MR) is 89.6 cm³/mol. The second kappa shape index (κ2) is 5.78. The molecule has 1 aliphatic rings. The van der Waals surface area contributed by atoms with Crippen molar-refractivity contribution in [3.8, 4) is 0 Å². The number of rotatable bonds is 2. The van der Waals surface area contributed by atoms with Crippen LogP contribution in [0.5, 0.6) is 0 Å². The van der Waals surface area contributed by atoms with E-state index < -0.39 is 0 Å². The number of piperidine rings is 1. The first-order valence-corrected chi connectivity index (χ1v) is 8.31. The third kappa shape index (κ3) is 2.38. The van der Waals surface area contributed by atoms with E-state index in [1.807, 2.05) is 30.1 Å². The van der Waals surface area contributed by atoms with Crippen LogP contribution in [0.15, 0.2) is 34.9 Å². The van der Waals surface area contributed by atoms with Gasteiger partial charge in [0.05, 0.1) is 17.1 Å². The van der Waals surface area contributed by atoms with E-state index in [2.05, 4.69) is 15.8 Å². The number of benzene rings is 1. The lowest BCUT2D eigenvalue weighted by Gasteiger charge is -2.34. The molecule has 0 saturated carbocycles. The number of likely N-dealkylation sites (tertiary alicyclic amines) is 1. The second-order valence-corrected chi connectivity index (χ2v) is 6.35. The van der Waals surface area contributed by atoms with Gasteiger partial charge in [-0.3, -0.25) is 4.79 Å². The summed E-state index contributed by atoms with van der Waals surface area (Å²) in [7, 11) is 2.02. The monoisotopic (exact) mass is 324 g/mol. The summed E-state index contributed by atoms with van der Waals surface area (Å²) < 4.78 is 7.17. The number of imidazole rings is 1. The van der Waals surface area contributed by atoms with Gasteiger partial charge in [0, 0.05) is 19.7 Å². The molecule has 1 fully saturated rings. The molecule has 6 heteroatoms. The van der Waals surface area contributed by atoms with Crippen LogP contribution >= 0.6 is 0 Å². The molecule has 0 bridgehead atoms. The quantitative estimate of drug-likeness (QED) is 0.726. The summed E-state index contributed by atoms with van der Waals surface area (Å²) in [5, 5.41) is 3.89. The van der Waals surface area contributed by atoms with Crippen molar-refractivity contribution in [2.45, 2.75) is 32.2 Å². The topological polar surface area (TPSA) is 64.2 Å². The predicted octanol–water partition coefficient (Wildman–Crippen LogP) is 3.24. The smallest absolute Gasteiger partial charge is 0.276 e. The molecule has 0 aliphatic carbocycles. The summed E-state index contributed by atoms with van der Waals surface area (Å²) in [6.45, 7) is 2.52. The molecule has 0 spiro atoms. The number of carbonyl (C=O) groups excluding carboxylic acids is 1. The Bertz CT molecular complexity index is 895. The van der Waals surface area contributed by atoms with Gasteiger partial charge in [0.1, 0.15) is 11.6 Å². The number of fused-ring (bicyclic) bond motifs is 1. The third-order valence-electron chi connectivity index (χ3n) is 4.73. The normalized spacial score (nSPS) is 18.2. The fourth-order valence-electron chi connectivity index (χ4n) is 3.52. The van der Waals surface area contributed by atoms with Crippen LogP contribution in [0.1, 0.15) is 47.4 Å². The summed E-state index contributed by atoms with van der Waals surface area (Å²) >= 11 is 0. The number of aryl methyl sites for hydroxylation is 2. The van der Waals surface area contributed by atoms with Gasteiger partial charge in [-0.1, -0.05) is 17.3 Å². The molecule has 1 amide bonds. The van der Waals surface area contributed by atoms with Gasteiger partial charge in [0.15, 0.2) is 5.69 Å². The Kier molecular flexibility index (Phi) is 3.59. The zero-order chi connectivity index (χ0) is 16.7. The van der Waals surface area contributed by atoms with Crippen molar-refractivity contribution in [2.75, 3.05) is 6.54 Å². The van der Waals surface area contributed by atoms with Crippen molar-refractivity contribution < 1.29 is 9.32 Å². The van der Waals surface area contributed by atoms with Crippen LogP contribution in [-0.4, -0.2) is 32.1 Å². The van der Waals surface area contributed by atoms with Crippen molar-refractivity contribution in [2.24, 2.45) is 7.05 Å². The molecule has 1 aliphatic heterocycles. The van der Waals surface area contributed by atoms with Gasteiger partial charge in [-0.25, -0.2) is 4.98 Å². The minimum atomic E-state index is -0.0800. The van der Waals surface area contributed by atoms with E-state index in [9.17, 15) is 4.79 Å². The fraction of sp³-hybridized carbons (Fsp3) is 0.389. The van der Waals surface area contributed by atoms with Crippen LogP contribution in [0.25, 0.3) is 11.0 Å². The maximum absolute atomic E-state index is 12.9. The second-order valence-electron chi connectivity index (χ2n) is 6.35. The lowest BCUT2D eigenvalue weighted by atomic mass is 10.0. The molecule has 0 N–H and O–H groups in total. The lowest BCUT2D eigenvalue weighted by molar-refractivity contribution is 0.0586. The van der Waals surface area contributed by atoms with Gasteiger partial charge in [-0.05, 0) is 38.3 Å². The highest BCUT2D eigenvalue weighted by molar-refractivity contribution is 5.92. The van der Waals surface area contributed by atoms with E-state index in [4.69, 9.17) is 9.51 Å². The summed E-state index contributed by atoms with van der Waals surface area (Å²) in [4.78, 5) is 19.6. The van der Waals surface area contributed by atoms with Gasteiger partial charge < -0.3 is 14.0 Å². The molecule has 1 aromatic carbocycles. The molecule has 3 heterocycles. The zero-order valence-electron chi connectivity index (χ0n) is 13.9. The highest BCUT2D eigenvalue weighted by Gasteiger charge is 2.33. The minimum absolute atomic E-state index is 0.0272. The average Bonchev–Trinajstić information content (AvgIpc) is 3.18. The number of aromatic nitrogens is 3. The fourth-order valence-corrected chi connectivity index (χ4v) is 3.52. The highest BCUT2D eigenvalue weighted by Crippen LogP contribution is 2.33. The van der Waals surface area contributed by atoms with Crippen LogP contribution in [0.4, 0.5) is 0 Å². The van der Waals surface area contributed by atoms with Crippen LogP contribution in [0.3, 0.4) is 0 Å². The molecule has 1 atom stereocenters. The van der Waals surface area contributed by atoms with E-state index in [1.165, 1.54) is 0 Å². The number of nitrogens with zero attached hydrogens (tertiary/aromatic N) is 4. The highest BCUT2D eigenvalue weighted by atomic mass is 16.5. The van der Waals surface area contributed by atoms with Crippen LogP contribution in [-0.2, 0) is 7.05 Å². The number of para-hydroxylation sites is 2. The van der Waals surface area contributed by atoms with Gasteiger partial charge >= 0.3 is 0 Å². The molecule has 0 radical (unpaired) electrons. The SMILES string of the molecule is Cc1cc(C(=O)N2CCCC[C@@H]2c2nc3ccccc3n2C)no1. The molecule has 3 aromatic rings. The van der Waals surface area contributed by atoms with Gasteiger partial charge in [0.25, 0.3) is 5.91 Å². The van der Waals surface area contributed by atoms with Crippen molar-refractivity contribution >= 4 is 16.9 Å². The first kappa shape index (κ1) is 14.9. The lowest BCUT2D eigenvalue weighted by Crippen LogP contribution is -2.39. The Morgan fingerprint density at radius 1 is 1.29 bits per heavy atom. The molecule has 0 unspecified atom stereocenters. The van der Waals surface area contributed by atoms with Gasteiger partial charge in [0.2, 0.25) is 0 Å². The number of hydrogen-bond donors (Lipinski definition) is 0. The maximum atomic E-state index is 12.9. The molecular weight excluding hydrogens is 304 g/mol. The van der Waals surface area contributed by atoms with Crippen molar-refractivity contribution in [1.82, 2.24) is 19.6 Å². The first-order chi connectivity index (χ1) is 11.6. The van der Waals surface area contributed by atoms with Crippen molar-refractivity contribution in [1.29, 1.82) is 0 Å². The largest absolute Gasteiger partial charge is 0.361 e. The standard InChI is InChI=1S/C18H20N4O2/c1-12-11-14(20-24-12)18(23)22-10-6-5-9-16(22)17-19-13-7-3-4-8-15(13)21(17)2/h3-4,7-8,11,16H,5-6,9-10H2,1-2H3/t16-/m1/s1. The Labute approximate surface area is 140 Å². The number of hydrogen-bond acceptors (Lipinski definition) is 4. The Balaban J connectivity index is 1.73. The van der Waals surface area contributed by atoms with E-state index in [0.717, 1.165) is 42.7 Å². The summed E-state index contributed by atoms with van der Waals surface area (Å²) in [6.07, 6.45) is 3.01. The first-order valence-electron chi connectivity index (χ1n) is 8.31. The third-order valence-corrected chi connectivity index (χ3v) is 4.73. The van der Waals surface area contributed by atoms with E-state index in [0.29, 0.717) is 11.5 Å². The molecule has 24 heavy (non-hydrogen) atoms. The molecule has 2 aromatic heterocycles. The Hall–Kier alpha value is -2.63. The van der Waals surface area contributed by atoms with Crippen LogP contribution in [0, 0.1) is 6.92 Å². The molecule has 4 rings (SSSR count). The Morgan fingerprint density at radius 2 is 2.12 bits per heavy atom. The summed E-state index contributed by atoms with van der Waals surface area (Å²) in [5.74, 6) is 1.50. The van der Waals surface area contributed by atoms with Crippen LogP contribution in [0.2, 0.25) is 0 Å². The maximum Gasteiger partial charge on any atom is 0.276 e. The molecule has 6 nitrogen and oxygen atoms in total. The van der Waals surface area contributed by atoms with E-state index in [1.54, 1.807) is 13.0 Å². The molecular formula is C18H20N4O2. The average molecular weight is 324 g/mol. The summed E-state index contributed by atoms with van der Waals surface area (Å²) in [5.41, 5.74) is 2.42. The summed E-state index contributed by atoms with van der Waals surface area (Å²) in [6, 6.07) is 9.73. The number of carbonyl (C=O) groups is 1.